The molecule has 0 aromatic heterocycles. The molecule has 0 spiro atoms. The number of rotatable bonds is 4. The van der Waals surface area contributed by atoms with Crippen LogP contribution < -0.4 is 4.90 Å². The molecule has 7 nitrogen and oxygen atoms in total. The van der Waals surface area contributed by atoms with E-state index in [1.165, 1.54) is 19.1 Å². The lowest BCUT2D eigenvalue weighted by Crippen LogP contribution is -2.39. The van der Waals surface area contributed by atoms with Crippen molar-refractivity contribution in [1.82, 2.24) is 0 Å². The number of para-hydroxylation sites is 1. The van der Waals surface area contributed by atoms with Crippen molar-refractivity contribution in [3.63, 3.8) is 0 Å². The molecule has 1 aromatic carbocycles. The van der Waals surface area contributed by atoms with Crippen LogP contribution in [0.2, 0.25) is 0 Å². The Kier molecular flexibility index (Phi) is 5.36. The highest BCUT2D eigenvalue weighted by Gasteiger charge is 2.33. The Morgan fingerprint density at radius 3 is 2.48 bits per heavy atom. The van der Waals surface area contributed by atoms with Crippen LogP contribution >= 0.6 is 0 Å². The smallest absolute Gasteiger partial charge is 0.355 e. The van der Waals surface area contributed by atoms with Crippen molar-refractivity contribution < 1.29 is 28.9 Å². The Hall–Kier alpha value is -2.38. The molecule has 0 fully saturated rings. The van der Waals surface area contributed by atoms with Crippen molar-refractivity contribution in [3.05, 3.63) is 41.1 Å². The van der Waals surface area contributed by atoms with E-state index in [2.05, 4.69) is 0 Å². The first-order valence-electron chi connectivity index (χ1n) is 7.03. The van der Waals surface area contributed by atoms with Gasteiger partial charge in [-0.3, -0.25) is 0 Å². The fourth-order valence-corrected chi connectivity index (χ4v) is 2.42. The number of benzene rings is 1. The van der Waals surface area contributed by atoms with E-state index >= 15 is 0 Å². The summed E-state index contributed by atoms with van der Waals surface area (Å²) in [7, 11) is 2.46. The third-order valence-corrected chi connectivity index (χ3v) is 3.51. The van der Waals surface area contributed by atoms with Crippen molar-refractivity contribution in [2.24, 2.45) is 0 Å². The number of aliphatic hydroxyl groups excluding tert-OH is 1. The molecule has 1 heterocycles. The molecule has 0 aliphatic carbocycles. The van der Waals surface area contributed by atoms with Crippen LogP contribution in [0.1, 0.15) is 18.6 Å². The summed E-state index contributed by atoms with van der Waals surface area (Å²) in [5.41, 5.74) is 1.29. The predicted molar refractivity (Wildman–Crippen MR) is 81.4 cm³/mol. The normalized spacial score (nSPS) is 16.1. The molecule has 0 amide bonds. The number of aliphatic hydroxyl groups is 1. The average molecular weight is 321 g/mol. The third-order valence-electron chi connectivity index (χ3n) is 3.51. The maximum atomic E-state index is 12.2. The number of hydrogen-bond donors (Lipinski definition) is 1. The van der Waals surface area contributed by atoms with E-state index in [-0.39, 0.29) is 24.6 Å². The van der Waals surface area contributed by atoms with E-state index in [1.807, 2.05) is 0 Å². The molecule has 23 heavy (non-hydrogen) atoms. The molecule has 1 aromatic rings. The second-order valence-corrected chi connectivity index (χ2v) is 4.95. The second-order valence-electron chi connectivity index (χ2n) is 4.95. The number of anilines is 1. The number of methoxy groups -OCH3 is 2. The van der Waals surface area contributed by atoms with Crippen LogP contribution in [0.3, 0.4) is 0 Å². The largest absolute Gasteiger partial charge is 0.466 e. The first-order chi connectivity index (χ1) is 11.0. The summed E-state index contributed by atoms with van der Waals surface area (Å²) < 4.78 is 14.9. The molecule has 2 rings (SSSR count). The van der Waals surface area contributed by atoms with Gasteiger partial charge in [0.15, 0.2) is 0 Å². The first-order valence-corrected chi connectivity index (χ1v) is 7.03. The van der Waals surface area contributed by atoms with Gasteiger partial charge in [0.05, 0.1) is 32.5 Å². The van der Waals surface area contributed by atoms with Gasteiger partial charge in [-0.25, -0.2) is 9.59 Å². The molecule has 1 aliphatic heterocycles. The van der Waals surface area contributed by atoms with Gasteiger partial charge in [-0.1, -0.05) is 18.2 Å². The minimum atomic E-state index is -0.756. The van der Waals surface area contributed by atoms with Gasteiger partial charge in [-0.2, -0.15) is 0 Å². The molecule has 1 atom stereocenters. The van der Waals surface area contributed by atoms with Gasteiger partial charge in [0, 0.05) is 11.3 Å². The molecule has 1 N–H and O–H groups in total. The zero-order chi connectivity index (χ0) is 17.0. The monoisotopic (exact) mass is 321 g/mol. The minimum Gasteiger partial charge on any atom is -0.466 e. The Labute approximate surface area is 134 Å². The fraction of sp³-hybridized carbons (Fsp3) is 0.375. The summed E-state index contributed by atoms with van der Waals surface area (Å²) in [5, 5.41) is 9.95. The van der Waals surface area contributed by atoms with Gasteiger partial charge in [0.2, 0.25) is 0 Å². The zero-order valence-electron chi connectivity index (χ0n) is 13.2. The van der Waals surface area contributed by atoms with Gasteiger partial charge >= 0.3 is 11.9 Å². The summed E-state index contributed by atoms with van der Waals surface area (Å²) in [6.07, 6.45) is -0.756. The van der Waals surface area contributed by atoms with E-state index in [4.69, 9.17) is 14.2 Å². The van der Waals surface area contributed by atoms with Crippen LogP contribution in [-0.2, 0) is 23.8 Å². The van der Waals surface area contributed by atoms with Crippen LogP contribution in [0.5, 0.6) is 0 Å². The second kappa shape index (κ2) is 7.26. The van der Waals surface area contributed by atoms with E-state index in [1.54, 1.807) is 31.2 Å². The number of hydrogen-bond acceptors (Lipinski definition) is 7. The SMILES string of the molecule is COC(=O)C1=C(C(=O)OC)N(c2ccccc2C(C)O)COC1. The topological polar surface area (TPSA) is 85.3 Å². The standard InChI is InChI=1S/C16H19NO6/c1-10(18)11-6-4-5-7-13(11)17-9-23-8-12(15(19)21-2)14(17)16(20)22-3/h4-7,10,18H,8-9H2,1-3H3. The Bertz CT molecular complexity index is 637. The highest BCUT2D eigenvalue weighted by molar-refractivity contribution is 6.03. The van der Waals surface area contributed by atoms with Crippen LogP contribution in [0, 0.1) is 0 Å². The van der Waals surface area contributed by atoms with Crippen molar-refractivity contribution >= 4 is 17.6 Å². The van der Waals surface area contributed by atoms with Gasteiger partial charge in [0.25, 0.3) is 0 Å². The van der Waals surface area contributed by atoms with Crippen molar-refractivity contribution in [2.45, 2.75) is 13.0 Å². The molecular formula is C16H19NO6. The number of ether oxygens (including phenoxy) is 3. The molecule has 0 radical (unpaired) electrons. The highest BCUT2D eigenvalue weighted by atomic mass is 16.5. The highest BCUT2D eigenvalue weighted by Crippen LogP contribution is 2.32. The van der Waals surface area contributed by atoms with Crippen LogP contribution in [-0.4, -0.2) is 44.6 Å². The molecule has 0 bridgehead atoms. The van der Waals surface area contributed by atoms with E-state index < -0.39 is 18.0 Å². The van der Waals surface area contributed by atoms with E-state index in [0.29, 0.717) is 11.3 Å². The van der Waals surface area contributed by atoms with Crippen LogP contribution in [0.4, 0.5) is 5.69 Å². The summed E-state index contributed by atoms with van der Waals surface area (Å²) in [5.74, 6) is -1.33. The molecule has 1 aliphatic rings. The van der Waals surface area contributed by atoms with Gasteiger partial charge in [0.1, 0.15) is 12.4 Å². The lowest BCUT2D eigenvalue weighted by Gasteiger charge is -2.33. The minimum absolute atomic E-state index is 0.0503. The average Bonchev–Trinajstić information content (AvgIpc) is 2.59. The molecule has 7 heteroatoms. The maximum Gasteiger partial charge on any atom is 0.355 e. The van der Waals surface area contributed by atoms with Gasteiger partial charge in [-0.05, 0) is 13.0 Å². The third kappa shape index (κ3) is 3.35. The number of carbonyl (C=O) groups excluding carboxylic acids is 2. The fourth-order valence-electron chi connectivity index (χ4n) is 2.42. The predicted octanol–water partition coefficient (Wildman–Crippen LogP) is 1.13. The van der Waals surface area contributed by atoms with E-state index in [0.717, 1.165) is 0 Å². The lowest BCUT2D eigenvalue weighted by molar-refractivity contribution is -0.140. The van der Waals surface area contributed by atoms with Gasteiger partial charge < -0.3 is 24.2 Å². The molecular weight excluding hydrogens is 302 g/mol. The molecule has 0 saturated carbocycles. The quantitative estimate of drug-likeness (QED) is 0.832. The number of esters is 2. The Balaban J connectivity index is 2.60. The van der Waals surface area contributed by atoms with Gasteiger partial charge in [-0.15, -0.1) is 0 Å². The maximum absolute atomic E-state index is 12.2. The summed E-state index contributed by atoms with van der Waals surface area (Å²) in [4.78, 5) is 25.7. The zero-order valence-corrected chi connectivity index (χ0v) is 13.2. The van der Waals surface area contributed by atoms with Crippen molar-refractivity contribution in [3.8, 4) is 0 Å². The van der Waals surface area contributed by atoms with Crippen LogP contribution in [0.15, 0.2) is 35.5 Å². The van der Waals surface area contributed by atoms with Crippen molar-refractivity contribution in [1.29, 1.82) is 0 Å². The molecule has 0 saturated heterocycles. The van der Waals surface area contributed by atoms with E-state index in [9.17, 15) is 14.7 Å². The molecule has 1 unspecified atom stereocenters. The van der Waals surface area contributed by atoms with Crippen LogP contribution in [0.25, 0.3) is 0 Å². The number of nitrogens with zero attached hydrogens (tertiary/aromatic N) is 1. The summed E-state index contributed by atoms with van der Waals surface area (Å²) in [6, 6.07) is 7.01. The first kappa shape index (κ1) is 17.0. The Morgan fingerprint density at radius 1 is 1.22 bits per heavy atom. The summed E-state index contributed by atoms with van der Waals surface area (Å²) >= 11 is 0. The molecule has 124 valence electrons. The lowest BCUT2D eigenvalue weighted by atomic mass is 10.1. The Morgan fingerprint density at radius 2 is 1.87 bits per heavy atom. The summed E-state index contributed by atoms with van der Waals surface area (Å²) in [6.45, 7) is 1.62. The van der Waals surface area contributed by atoms with Crippen molar-refractivity contribution in [2.75, 3.05) is 32.5 Å². The number of carbonyl (C=O) groups is 2.